The molecular formula is C23H17F4N7O2. The standard InChI is InChI=1S/C23H17F4N7O2/c1-11-19(20(28)35)36-12(2)34(11)14-5-6-17(24)15(8-14)21-31-22-30-9-13(10-33(22)32-21)18-16(23(25,26)27)4-3-7-29-18/h3-10,12H,1-2H3,(H2,28,35). The minimum absolute atomic E-state index is 0.00343. The van der Waals surface area contributed by atoms with Crippen LogP contribution in [-0.4, -0.2) is 36.7 Å². The molecule has 9 nitrogen and oxygen atoms in total. The van der Waals surface area contributed by atoms with Crippen LogP contribution in [0.5, 0.6) is 0 Å². The molecule has 1 atom stereocenters. The van der Waals surface area contributed by atoms with Gasteiger partial charge in [-0.25, -0.2) is 13.9 Å². The first-order valence-electron chi connectivity index (χ1n) is 10.6. The number of alkyl halides is 3. The molecule has 184 valence electrons. The predicted molar refractivity (Wildman–Crippen MR) is 119 cm³/mol. The molecule has 0 aliphatic carbocycles. The molecule has 13 heteroatoms. The highest BCUT2D eigenvalue weighted by Crippen LogP contribution is 2.36. The van der Waals surface area contributed by atoms with Crippen molar-refractivity contribution in [1.82, 2.24) is 24.6 Å². The molecule has 0 saturated carbocycles. The normalized spacial score (nSPS) is 16.1. The first-order chi connectivity index (χ1) is 17.0. The zero-order valence-electron chi connectivity index (χ0n) is 18.8. The Morgan fingerprint density at radius 2 is 1.97 bits per heavy atom. The molecule has 1 amide bonds. The van der Waals surface area contributed by atoms with Crippen LogP contribution >= 0.6 is 0 Å². The number of hydrogen-bond acceptors (Lipinski definition) is 7. The second kappa shape index (κ2) is 8.29. The Morgan fingerprint density at radius 1 is 1.19 bits per heavy atom. The highest BCUT2D eigenvalue weighted by atomic mass is 19.4. The number of nitrogens with two attached hydrogens (primary N) is 1. The number of halogens is 4. The summed E-state index contributed by atoms with van der Waals surface area (Å²) in [7, 11) is 0. The van der Waals surface area contributed by atoms with E-state index in [0.717, 1.165) is 10.6 Å². The van der Waals surface area contributed by atoms with Crippen molar-refractivity contribution in [2.75, 3.05) is 4.90 Å². The largest absolute Gasteiger partial charge is 0.463 e. The molecule has 4 aromatic rings. The van der Waals surface area contributed by atoms with Gasteiger partial charge in [0.2, 0.25) is 5.76 Å². The number of hydrogen-bond donors (Lipinski definition) is 1. The number of primary amides is 1. The van der Waals surface area contributed by atoms with E-state index < -0.39 is 29.7 Å². The van der Waals surface area contributed by atoms with E-state index in [4.69, 9.17) is 10.5 Å². The molecule has 0 saturated heterocycles. The van der Waals surface area contributed by atoms with Gasteiger partial charge in [-0.15, -0.1) is 5.10 Å². The van der Waals surface area contributed by atoms with E-state index in [1.54, 1.807) is 18.7 Å². The van der Waals surface area contributed by atoms with Gasteiger partial charge in [-0.1, -0.05) is 0 Å². The van der Waals surface area contributed by atoms with E-state index >= 15 is 0 Å². The van der Waals surface area contributed by atoms with Crippen molar-refractivity contribution in [1.29, 1.82) is 0 Å². The SMILES string of the molecule is CC1=C(C(N)=O)OC(C)N1c1ccc(F)c(-c2nc3ncc(-c4ncccc4C(F)(F)F)cn3n2)c1. The maximum absolute atomic E-state index is 14.8. The summed E-state index contributed by atoms with van der Waals surface area (Å²) >= 11 is 0. The van der Waals surface area contributed by atoms with Crippen LogP contribution in [0.4, 0.5) is 23.2 Å². The van der Waals surface area contributed by atoms with Crippen molar-refractivity contribution in [3.8, 4) is 22.6 Å². The fourth-order valence-electron chi connectivity index (χ4n) is 4.05. The van der Waals surface area contributed by atoms with Crippen molar-refractivity contribution in [3.05, 3.63) is 71.8 Å². The summed E-state index contributed by atoms with van der Waals surface area (Å²) in [6, 6.07) is 6.29. The third kappa shape index (κ3) is 3.87. The Bertz CT molecular complexity index is 1550. The molecular weight excluding hydrogens is 482 g/mol. The average Bonchev–Trinajstić information content (AvgIpc) is 3.38. The second-order valence-electron chi connectivity index (χ2n) is 7.95. The van der Waals surface area contributed by atoms with Gasteiger partial charge in [0.15, 0.2) is 12.1 Å². The number of carbonyl (C=O) groups is 1. The summed E-state index contributed by atoms with van der Waals surface area (Å²) in [6.07, 6.45) is -1.47. The van der Waals surface area contributed by atoms with Crippen LogP contribution in [0.2, 0.25) is 0 Å². The van der Waals surface area contributed by atoms with Crippen molar-refractivity contribution in [2.24, 2.45) is 5.73 Å². The van der Waals surface area contributed by atoms with E-state index in [9.17, 15) is 22.4 Å². The van der Waals surface area contributed by atoms with Gasteiger partial charge in [0, 0.05) is 29.8 Å². The molecule has 3 aromatic heterocycles. The number of fused-ring (bicyclic) bond motifs is 1. The molecule has 0 bridgehead atoms. The lowest BCUT2D eigenvalue weighted by Gasteiger charge is -2.24. The molecule has 1 aliphatic rings. The Kier molecular flexibility index (Phi) is 5.34. The summed E-state index contributed by atoms with van der Waals surface area (Å²) in [5.74, 6) is -1.35. The van der Waals surface area contributed by atoms with E-state index in [1.165, 1.54) is 42.9 Å². The zero-order valence-corrected chi connectivity index (χ0v) is 18.8. The van der Waals surface area contributed by atoms with Gasteiger partial charge < -0.3 is 15.4 Å². The molecule has 0 spiro atoms. The van der Waals surface area contributed by atoms with Crippen LogP contribution < -0.4 is 10.6 Å². The molecule has 2 N–H and O–H groups in total. The van der Waals surface area contributed by atoms with Crippen LogP contribution in [0, 0.1) is 5.82 Å². The van der Waals surface area contributed by atoms with Crippen LogP contribution in [0.15, 0.2) is 60.4 Å². The first-order valence-corrected chi connectivity index (χ1v) is 10.6. The van der Waals surface area contributed by atoms with Gasteiger partial charge >= 0.3 is 6.18 Å². The minimum atomic E-state index is -4.62. The lowest BCUT2D eigenvalue weighted by atomic mass is 10.1. The van der Waals surface area contributed by atoms with Gasteiger partial charge in [0.05, 0.1) is 22.5 Å². The number of rotatable bonds is 4. The quantitative estimate of drug-likeness (QED) is 0.424. The number of amides is 1. The van der Waals surface area contributed by atoms with E-state index in [-0.39, 0.29) is 34.2 Å². The van der Waals surface area contributed by atoms with Gasteiger partial charge in [-0.3, -0.25) is 9.78 Å². The smallest absolute Gasteiger partial charge is 0.418 e. The van der Waals surface area contributed by atoms with Gasteiger partial charge in [-0.05, 0) is 44.2 Å². The molecule has 1 aliphatic heterocycles. The monoisotopic (exact) mass is 499 g/mol. The van der Waals surface area contributed by atoms with Crippen LogP contribution in [0.1, 0.15) is 19.4 Å². The average molecular weight is 499 g/mol. The lowest BCUT2D eigenvalue weighted by Crippen LogP contribution is -2.27. The highest BCUT2D eigenvalue weighted by Gasteiger charge is 2.35. The number of pyridine rings is 1. The number of allylic oxidation sites excluding steroid dienone is 1. The summed E-state index contributed by atoms with van der Waals surface area (Å²) in [6.45, 7) is 3.35. The molecule has 1 aromatic carbocycles. The number of anilines is 1. The molecule has 4 heterocycles. The Hall–Kier alpha value is -4.55. The fraction of sp³-hybridized carbons (Fsp3) is 0.174. The Balaban J connectivity index is 1.57. The minimum Gasteiger partial charge on any atom is -0.463 e. The van der Waals surface area contributed by atoms with E-state index in [0.29, 0.717) is 11.4 Å². The number of benzene rings is 1. The fourth-order valence-corrected chi connectivity index (χ4v) is 4.05. The third-order valence-electron chi connectivity index (χ3n) is 5.62. The third-order valence-corrected chi connectivity index (χ3v) is 5.62. The van der Waals surface area contributed by atoms with Crippen LogP contribution in [-0.2, 0) is 15.7 Å². The number of nitrogens with zero attached hydrogens (tertiary/aromatic N) is 6. The Morgan fingerprint density at radius 3 is 2.67 bits per heavy atom. The topological polar surface area (TPSA) is 112 Å². The first kappa shape index (κ1) is 23.2. The predicted octanol–water partition coefficient (Wildman–Crippen LogP) is 3.91. The van der Waals surface area contributed by atoms with E-state index in [1.807, 2.05) is 0 Å². The van der Waals surface area contributed by atoms with Gasteiger partial charge in [-0.2, -0.15) is 18.2 Å². The molecule has 36 heavy (non-hydrogen) atoms. The Labute approximate surface area is 200 Å². The summed E-state index contributed by atoms with van der Waals surface area (Å²) in [5, 5.41) is 4.23. The number of ether oxygens (including phenoxy) is 1. The summed E-state index contributed by atoms with van der Waals surface area (Å²) in [4.78, 5) is 25.5. The van der Waals surface area contributed by atoms with Crippen molar-refractivity contribution in [3.63, 3.8) is 0 Å². The molecule has 5 rings (SSSR count). The maximum atomic E-state index is 14.8. The summed E-state index contributed by atoms with van der Waals surface area (Å²) < 4.78 is 61.8. The zero-order chi connectivity index (χ0) is 25.8. The molecule has 0 radical (unpaired) electrons. The lowest BCUT2D eigenvalue weighted by molar-refractivity contribution is -0.137. The van der Waals surface area contributed by atoms with Crippen LogP contribution in [0.3, 0.4) is 0 Å². The van der Waals surface area contributed by atoms with Crippen molar-refractivity contribution < 1.29 is 27.1 Å². The van der Waals surface area contributed by atoms with E-state index in [2.05, 4.69) is 20.1 Å². The van der Waals surface area contributed by atoms with Crippen LogP contribution in [0.25, 0.3) is 28.4 Å². The number of aromatic nitrogens is 5. The van der Waals surface area contributed by atoms with Crippen molar-refractivity contribution >= 4 is 17.4 Å². The second-order valence-corrected chi connectivity index (χ2v) is 7.95. The maximum Gasteiger partial charge on any atom is 0.418 e. The van der Waals surface area contributed by atoms with Gasteiger partial charge in [0.1, 0.15) is 5.82 Å². The summed E-state index contributed by atoms with van der Waals surface area (Å²) in [5.41, 5.74) is 5.14. The number of carbonyl (C=O) groups excluding carboxylic acids is 1. The molecule has 0 fully saturated rings. The highest BCUT2D eigenvalue weighted by molar-refractivity contribution is 5.92. The van der Waals surface area contributed by atoms with Crippen molar-refractivity contribution in [2.45, 2.75) is 26.3 Å². The molecule has 1 unspecified atom stereocenters. The van der Waals surface area contributed by atoms with Gasteiger partial charge in [0.25, 0.3) is 11.7 Å².